The third-order valence-corrected chi connectivity index (χ3v) is 4.32. The van der Waals surface area contributed by atoms with Gasteiger partial charge >= 0.3 is 0 Å². The zero-order valence-corrected chi connectivity index (χ0v) is 11.4. The van der Waals surface area contributed by atoms with Crippen LogP contribution in [0.2, 0.25) is 0 Å². The number of piperidine rings is 1. The smallest absolute Gasteiger partial charge is 0.236 e. The van der Waals surface area contributed by atoms with E-state index in [2.05, 4.69) is 4.90 Å². The van der Waals surface area contributed by atoms with Gasteiger partial charge in [0.05, 0.1) is 6.54 Å². The van der Waals surface area contributed by atoms with E-state index >= 15 is 0 Å². The average molecular weight is 253 g/mol. The lowest BCUT2D eigenvalue weighted by Gasteiger charge is -2.32. The van der Waals surface area contributed by atoms with Crippen LogP contribution in [0.1, 0.15) is 44.9 Å². The van der Waals surface area contributed by atoms with Crippen LogP contribution in [0.5, 0.6) is 0 Å². The third kappa shape index (κ3) is 3.69. The van der Waals surface area contributed by atoms with Crippen molar-refractivity contribution in [3.05, 3.63) is 0 Å². The number of carbonyl (C=O) groups excluding carboxylic acids is 1. The molecule has 2 aliphatic rings. The van der Waals surface area contributed by atoms with Crippen molar-refractivity contribution in [3.63, 3.8) is 0 Å². The van der Waals surface area contributed by atoms with E-state index in [1.165, 1.54) is 38.5 Å². The number of hydrogen-bond acceptors (Lipinski definition) is 3. The summed E-state index contributed by atoms with van der Waals surface area (Å²) in [6.45, 7) is 4.23. The first kappa shape index (κ1) is 13.8. The van der Waals surface area contributed by atoms with Crippen molar-refractivity contribution in [1.82, 2.24) is 9.80 Å². The first-order valence-electron chi connectivity index (χ1n) is 7.53. The van der Waals surface area contributed by atoms with Crippen molar-refractivity contribution in [1.29, 1.82) is 0 Å². The summed E-state index contributed by atoms with van der Waals surface area (Å²) in [6, 6.07) is 0.418. The molecule has 0 aromatic carbocycles. The van der Waals surface area contributed by atoms with Gasteiger partial charge in [-0.05, 0) is 38.6 Å². The lowest BCUT2D eigenvalue weighted by Crippen LogP contribution is -2.48. The minimum atomic E-state index is 0.315. The molecule has 0 aliphatic carbocycles. The van der Waals surface area contributed by atoms with E-state index in [-0.39, 0.29) is 0 Å². The third-order valence-electron chi connectivity index (χ3n) is 4.32. The maximum atomic E-state index is 12.3. The zero-order valence-electron chi connectivity index (χ0n) is 11.4. The van der Waals surface area contributed by atoms with Crippen molar-refractivity contribution < 1.29 is 4.79 Å². The fourth-order valence-corrected chi connectivity index (χ4v) is 3.13. The largest absolute Gasteiger partial charge is 0.342 e. The Hall–Kier alpha value is -0.610. The minimum Gasteiger partial charge on any atom is -0.342 e. The highest BCUT2D eigenvalue weighted by Gasteiger charge is 2.24. The second-order valence-electron chi connectivity index (χ2n) is 5.65. The Bertz CT molecular complexity index is 264. The highest BCUT2D eigenvalue weighted by molar-refractivity contribution is 5.78. The molecule has 0 radical (unpaired) electrons. The summed E-state index contributed by atoms with van der Waals surface area (Å²) in [4.78, 5) is 16.7. The second-order valence-corrected chi connectivity index (χ2v) is 5.65. The molecule has 2 saturated heterocycles. The van der Waals surface area contributed by atoms with Gasteiger partial charge in [0.25, 0.3) is 0 Å². The number of hydrogen-bond donors (Lipinski definition) is 1. The maximum Gasteiger partial charge on any atom is 0.236 e. The van der Waals surface area contributed by atoms with Crippen LogP contribution in [0, 0.1) is 0 Å². The highest BCUT2D eigenvalue weighted by atomic mass is 16.2. The molecule has 4 nitrogen and oxygen atoms in total. The van der Waals surface area contributed by atoms with Gasteiger partial charge in [0.2, 0.25) is 5.91 Å². The maximum absolute atomic E-state index is 12.3. The van der Waals surface area contributed by atoms with Crippen LogP contribution in [0.3, 0.4) is 0 Å². The first-order chi connectivity index (χ1) is 8.81. The number of amides is 1. The first-order valence-corrected chi connectivity index (χ1v) is 7.53. The standard InChI is InChI=1S/C14H27N3O/c15-11-13-7-3-1-4-10-17(13)12-14(18)16-8-5-2-6-9-16/h13H,1-12,15H2. The monoisotopic (exact) mass is 253 g/mol. The van der Waals surface area contributed by atoms with Gasteiger partial charge in [-0.15, -0.1) is 0 Å². The molecule has 4 heteroatoms. The van der Waals surface area contributed by atoms with Gasteiger partial charge in [-0.3, -0.25) is 9.69 Å². The molecule has 2 fully saturated rings. The Morgan fingerprint density at radius 3 is 2.39 bits per heavy atom. The van der Waals surface area contributed by atoms with E-state index in [1.54, 1.807) is 0 Å². The number of carbonyl (C=O) groups is 1. The van der Waals surface area contributed by atoms with E-state index in [1.807, 2.05) is 4.90 Å². The molecular formula is C14H27N3O. The van der Waals surface area contributed by atoms with Gasteiger partial charge in [0.15, 0.2) is 0 Å². The number of likely N-dealkylation sites (tertiary alicyclic amines) is 2. The van der Waals surface area contributed by atoms with Crippen molar-refractivity contribution in [2.24, 2.45) is 5.73 Å². The Kier molecular flexibility index (Phi) is 5.45. The molecule has 1 atom stereocenters. The Labute approximate surface area is 110 Å². The Morgan fingerprint density at radius 1 is 1.00 bits per heavy atom. The van der Waals surface area contributed by atoms with Crippen LogP contribution in [0.4, 0.5) is 0 Å². The quantitative estimate of drug-likeness (QED) is 0.822. The van der Waals surface area contributed by atoms with Crippen LogP contribution in [0.25, 0.3) is 0 Å². The summed E-state index contributed by atoms with van der Waals surface area (Å²) < 4.78 is 0. The molecule has 1 unspecified atom stereocenters. The summed E-state index contributed by atoms with van der Waals surface area (Å²) in [6.07, 6.45) is 8.53. The Balaban J connectivity index is 1.86. The Morgan fingerprint density at radius 2 is 1.67 bits per heavy atom. The fourth-order valence-electron chi connectivity index (χ4n) is 3.13. The van der Waals surface area contributed by atoms with Gasteiger partial charge in [-0.1, -0.05) is 12.8 Å². The van der Waals surface area contributed by atoms with Crippen molar-refractivity contribution >= 4 is 5.91 Å². The topological polar surface area (TPSA) is 49.6 Å². The van der Waals surface area contributed by atoms with Crippen LogP contribution < -0.4 is 5.73 Å². The van der Waals surface area contributed by atoms with Crippen molar-refractivity contribution in [3.8, 4) is 0 Å². The SMILES string of the molecule is NCC1CCCCCN1CC(=O)N1CCCCC1. The van der Waals surface area contributed by atoms with Gasteiger partial charge in [-0.2, -0.15) is 0 Å². The minimum absolute atomic E-state index is 0.315. The van der Waals surface area contributed by atoms with E-state index in [9.17, 15) is 4.79 Å². The normalized spacial score (nSPS) is 26.9. The van der Waals surface area contributed by atoms with Gasteiger partial charge in [-0.25, -0.2) is 0 Å². The molecule has 0 spiro atoms. The molecule has 0 aromatic rings. The summed E-state index contributed by atoms with van der Waals surface area (Å²) in [7, 11) is 0. The van der Waals surface area contributed by atoms with Gasteiger partial charge < -0.3 is 10.6 Å². The van der Waals surface area contributed by atoms with E-state index in [0.717, 1.165) is 26.1 Å². The number of nitrogens with zero attached hydrogens (tertiary/aromatic N) is 2. The molecule has 18 heavy (non-hydrogen) atoms. The molecule has 1 amide bonds. The number of rotatable bonds is 3. The molecule has 0 aromatic heterocycles. The van der Waals surface area contributed by atoms with Gasteiger partial charge in [0.1, 0.15) is 0 Å². The second kappa shape index (κ2) is 7.10. The molecular weight excluding hydrogens is 226 g/mol. The predicted molar refractivity (Wildman–Crippen MR) is 73.3 cm³/mol. The zero-order chi connectivity index (χ0) is 12.8. The van der Waals surface area contributed by atoms with Crippen LogP contribution >= 0.6 is 0 Å². The highest BCUT2D eigenvalue weighted by Crippen LogP contribution is 2.17. The predicted octanol–water partition coefficient (Wildman–Crippen LogP) is 1.20. The number of nitrogens with two attached hydrogens (primary N) is 1. The lowest BCUT2D eigenvalue weighted by molar-refractivity contribution is -0.133. The average Bonchev–Trinajstić information content (AvgIpc) is 2.64. The summed E-state index contributed by atoms with van der Waals surface area (Å²) in [5.74, 6) is 0.315. The molecule has 0 bridgehead atoms. The molecule has 2 aliphatic heterocycles. The molecule has 2 N–H and O–H groups in total. The van der Waals surface area contributed by atoms with E-state index in [0.29, 0.717) is 25.0 Å². The summed E-state index contributed by atoms with van der Waals surface area (Å²) in [5.41, 5.74) is 5.85. The summed E-state index contributed by atoms with van der Waals surface area (Å²) in [5, 5.41) is 0. The molecule has 2 rings (SSSR count). The molecule has 2 heterocycles. The molecule has 104 valence electrons. The lowest BCUT2D eigenvalue weighted by atomic mass is 10.1. The van der Waals surface area contributed by atoms with Crippen molar-refractivity contribution in [2.45, 2.75) is 51.0 Å². The van der Waals surface area contributed by atoms with E-state index < -0.39 is 0 Å². The van der Waals surface area contributed by atoms with Crippen molar-refractivity contribution in [2.75, 3.05) is 32.7 Å². The fraction of sp³-hybridized carbons (Fsp3) is 0.929. The van der Waals surface area contributed by atoms with Crippen LogP contribution in [0.15, 0.2) is 0 Å². The molecule has 0 saturated carbocycles. The van der Waals surface area contributed by atoms with Crippen LogP contribution in [-0.4, -0.2) is 54.5 Å². The summed E-state index contributed by atoms with van der Waals surface area (Å²) >= 11 is 0. The van der Waals surface area contributed by atoms with Crippen LogP contribution in [-0.2, 0) is 4.79 Å². The van der Waals surface area contributed by atoms with E-state index in [4.69, 9.17) is 5.73 Å². The van der Waals surface area contributed by atoms with Gasteiger partial charge in [0, 0.05) is 25.7 Å².